The summed E-state index contributed by atoms with van der Waals surface area (Å²) in [6.45, 7) is 2.71. The Morgan fingerprint density at radius 2 is 1.96 bits per heavy atom. The summed E-state index contributed by atoms with van der Waals surface area (Å²) < 4.78 is 5.54. The molecule has 0 radical (unpaired) electrons. The van der Waals surface area contributed by atoms with Crippen LogP contribution in [0.3, 0.4) is 0 Å². The van der Waals surface area contributed by atoms with Crippen molar-refractivity contribution in [3.63, 3.8) is 0 Å². The molecule has 0 amide bonds. The summed E-state index contributed by atoms with van der Waals surface area (Å²) in [5.74, 6) is -0.240. The standard InChI is InChI=1S/C19H18N2O4/c1-2-9-25-14-6-3-12(4-7-14)10-17-18(22)21-15-8-5-13(19(23)24)11-16(15)20-17/h3-8,11H,2,9-10H2,1H3,(H,21,22)(H,23,24). The van der Waals surface area contributed by atoms with Gasteiger partial charge in [0.2, 0.25) is 0 Å². The Bertz CT molecular complexity index is 961. The van der Waals surface area contributed by atoms with E-state index in [0.717, 1.165) is 17.7 Å². The van der Waals surface area contributed by atoms with Gasteiger partial charge in [0.1, 0.15) is 11.4 Å². The van der Waals surface area contributed by atoms with Crippen LogP contribution in [0.4, 0.5) is 0 Å². The minimum atomic E-state index is -1.03. The van der Waals surface area contributed by atoms with Gasteiger partial charge in [-0.25, -0.2) is 9.78 Å². The second-order valence-corrected chi connectivity index (χ2v) is 5.72. The van der Waals surface area contributed by atoms with E-state index in [1.807, 2.05) is 31.2 Å². The zero-order valence-corrected chi connectivity index (χ0v) is 13.8. The highest BCUT2D eigenvalue weighted by Gasteiger charge is 2.09. The molecule has 0 fully saturated rings. The van der Waals surface area contributed by atoms with E-state index in [1.165, 1.54) is 12.1 Å². The first-order chi connectivity index (χ1) is 12.1. The minimum absolute atomic E-state index is 0.135. The van der Waals surface area contributed by atoms with Crippen LogP contribution in [-0.4, -0.2) is 27.7 Å². The third kappa shape index (κ3) is 3.85. The lowest BCUT2D eigenvalue weighted by molar-refractivity contribution is 0.0697. The van der Waals surface area contributed by atoms with E-state index in [-0.39, 0.29) is 11.1 Å². The topological polar surface area (TPSA) is 92.3 Å². The van der Waals surface area contributed by atoms with Crippen molar-refractivity contribution in [2.24, 2.45) is 0 Å². The van der Waals surface area contributed by atoms with Crippen molar-refractivity contribution in [3.8, 4) is 5.75 Å². The number of carboxylic acid groups (broad SMARTS) is 1. The molecule has 0 atom stereocenters. The van der Waals surface area contributed by atoms with E-state index < -0.39 is 5.97 Å². The number of H-pyrrole nitrogens is 1. The number of fused-ring (bicyclic) bond motifs is 1. The minimum Gasteiger partial charge on any atom is -0.494 e. The quantitative estimate of drug-likeness (QED) is 0.721. The first-order valence-corrected chi connectivity index (χ1v) is 8.05. The fraction of sp³-hybridized carbons (Fsp3) is 0.211. The number of nitrogens with zero attached hydrogens (tertiary/aromatic N) is 1. The van der Waals surface area contributed by atoms with Gasteiger partial charge in [-0.3, -0.25) is 4.79 Å². The smallest absolute Gasteiger partial charge is 0.335 e. The van der Waals surface area contributed by atoms with Crippen LogP contribution in [0, 0.1) is 0 Å². The highest BCUT2D eigenvalue weighted by molar-refractivity contribution is 5.92. The van der Waals surface area contributed by atoms with E-state index in [4.69, 9.17) is 9.84 Å². The van der Waals surface area contributed by atoms with Crippen LogP contribution < -0.4 is 10.3 Å². The number of aromatic amines is 1. The molecule has 0 saturated heterocycles. The first-order valence-electron chi connectivity index (χ1n) is 8.05. The van der Waals surface area contributed by atoms with Crippen molar-refractivity contribution in [1.29, 1.82) is 0 Å². The lowest BCUT2D eigenvalue weighted by atomic mass is 10.1. The molecule has 1 aromatic heterocycles. The molecule has 6 heteroatoms. The molecule has 1 heterocycles. The number of carbonyl (C=O) groups is 1. The van der Waals surface area contributed by atoms with Crippen molar-refractivity contribution >= 4 is 17.0 Å². The molecule has 128 valence electrons. The number of rotatable bonds is 6. The van der Waals surface area contributed by atoms with Crippen LogP contribution in [0.5, 0.6) is 5.75 Å². The van der Waals surface area contributed by atoms with Gasteiger partial charge in [-0.05, 0) is 42.3 Å². The number of aromatic carboxylic acids is 1. The van der Waals surface area contributed by atoms with E-state index in [9.17, 15) is 9.59 Å². The Hall–Kier alpha value is -3.15. The van der Waals surface area contributed by atoms with Crippen molar-refractivity contribution in [1.82, 2.24) is 9.97 Å². The summed E-state index contributed by atoms with van der Waals surface area (Å²) in [7, 11) is 0. The summed E-state index contributed by atoms with van der Waals surface area (Å²) in [5.41, 5.74) is 2.10. The zero-order valence-electron chi connectivity index (χ0n) is 13.8. The van der Waals surface area contributed by atoms with Crippen molar-refractivity contribution in [2.75, 3.05) is 6.61 Å². The highest BCUT2D eigenvalue weighted by atomic mass is 16.5. The molecule has 0 aliphatic rings. The highest BCUT2D eigenvalue weighted by Crippen LogP contribution is 2.15. The third-order valence-corrected chi connectivity index (χ3v) is 3.78. The maximum absolute atomic E-state index is 12.2. The van der Waals surface area contributed by atoms with Crippen molar-refractivity contribution < 1.29 is 14.6 Å². The van der Waals surface area contributed by atoms with Gasteiger partial charge in [0, 0.05) is 6.42 Å². The Morgan fingerprint density at radius 1 is 1.20 bits per heavy atom. The molecule has 0 saturated carbocycles. The molecule has 2 aromatic carbocycles. The van der Waals surface area contributed by atoms with Gasteiger partial charge < -0.3 is 14.8 Å². The predicted octanol–water partition coefficient (Wildman–Crippen LogP) is 3.00. The number of ether oxygens (including phenoxy) is 1. The first kappa shape index (κ1) is 16.7. The van der Waals surface area contributed by atoms with E-state index in [0.29, 0.717) is 29.8 Å². The van der Waals surface area contributed by atoms with Crippen molar-refractivity contribution in [2.45, 2.75) is 19.8 Å². The SMILES string of the molecule is CCCOc1ccc(Cc2nc3cc(C(=O)O)ccc3[nH]c2=O)cc1. The molecule has 0 unspecified atom stereocenters. The molecule has 6 nitrogen and oxygen atoms in total. The van der Waals surface area contributed by atoms with Crippen LogP contribution in [0.1, 0.15) is 35.0 Å². The van der Waals surface area contributed by atoms with E-state index >= 15 is 0 Å². The molecule has 25 heavy (non-hydrogen) atoms. The number of aromatic nitrogens is 2. The fourth-order valence-corrected chi connectivity index (χ4v) is 2.49. The molecule has 0 bridgehead atoms. The third-order valence-electron chi connectivity index (χ3n) is 3.78. The lowest BCUT2D eigenvalue weighted by Crippen LogP contribution is -2.15. The molecule has 3 aromatic rings. The van der Waals surface area contributed by atoms with E-state index in [1.54, 1.807) is 6.07 Å². The van der Waals surface area contributed by atoms with Gasteiger partial charge in [0.05, 0.1) is 23.2 Å². The second-order valence-electron chi connectivity index (χ2n) is 5.72. The van der Waals surface area contributed by atoms with Gasteiger partial charge >= 0.3 is 5.97 Å². The maximum Gasteiger partial charge on any atom is 0.335 e. The molecular formula is C19H18N2O4. The Kier molecular flexibility index (Phi) is 4.79. The van der Waals surface area contributed by atoms with Gasteiger partial charge in [0.25, 0.3) is 5.56 Å². The number of benzene rings is 2. The van der Waals surface area contributed by atoms with Gasteiger partial charge in [-0.2, -0.15) is 0 Å². The molecule has 0 aliphatic carbocycles. The van der Waals surface area contributed by atoms with Crippen LogP contribution in [0.2, 0.25) is 0 Å². The van der Waals surface area contributed by atoms with Crippen LogP contribution >= 0.6 is 0 Å². The number of hydrogen-bond acceptors (Lipinski definition) is 4. The average Bonchev–Trinajstić information content (AvgIpc) is 2.61. The monoisotopic (exact) mass is 338 g/mol. The Labute approximate surface area is 144 Å². The number of carboxylic acids is 1. The lowest BCUT2D eigenvalue weighted by Gasteiger charge is -2.06. The largest absolute Gasteiger partial charge is 0.494 e. The summed E-state index contributed by atoms with van der Waals surface area (Å²) in [4.78, 5) is 30.4. The molecule has 0 spiro atoms. The molecular weight excluding hydrogens is 320 g/mol. The molecule has 3 rings (SSSR count). The van der Waals surface area contributed by atoms with Gasteiger partial charge in [-0.1, -0.05) is 19.1 Å². The fourth-order valence-electron chi connectivity index (χ4n) is 2.49. The zero-order chi connectivity index (χ0) is 17.8. The van der Waals surface area contributed by atoms with Gasteiger partial charge in [-0.15, -0.1) is 0 Å². The van der Waals surface area contributed by atoms with Gasteiger partial charge in [0.15, 0.2) is 0 Å². The second kappa shape index (κ2) is 7.17. The summed E-state index contributed by atoms with van der Waals surface area (Å²) >= 11 is 0. The van der Waals surface area contributed by atoms with Crippen LogP contribution in [-0.2, 0) is 6.42 Å². The van der Waals surface area contributed by atoms with Crippen LogP contribution in [0.15, 0.2) is 47.3 Å². The normalized spacial score (nSPS) is 10.8. The van der Waals surface area contributed by atoms with Crippen LogP contribution in [0.25, 0.3) is 11.0 Å². The maximum atomic E-state index is 12.2. The number of nitrogens with one attached hydrogen (secondary N) is 1. The summed E-state index contributed by atoms with van der Waals surface area (Å²) in [6, 6.07) is 12.0. The average molecular weight is 338 g/mol. The summed E-state index contributed by atoms with van der Waals surface area (Å²) in [6.07, 6.45) is 1.30. The Morgan fingerprint density at radius 3 is 2.64 bits per heavy atom. The van der Waals surface area contributed by atoms with E-state index in [2.05, 4.69) is 9.97 Å². The summed E-state index contributed by atoms with van der Waals surface area (Å²) in [5, 5.41) is 9.08. The molecule has 0 aliphatic heterocycles. The molecule has 2 N–H and O–H groups in total. The number of hydrogen-bond donors (Lipinski definition) is 2. The van der Waals surface area contributed by atoms with Crippen molar-refractivity contribution in [3.05, 3.63) is 69.6 Å². The Balaban J connectivity index is 1.88. The predicted molar refractivity (Wildman–Crippen MR) is 94.4 cm³/mol.